The van der Waals surface area contributed by atoms with Crippen LogP contribution in [0.5, 0.6) is 0 Å². The van der Waals surface area contributed by atoms with Crippen LogP contribution in [0.1, 0.15) is 35.0 Å². The second-order valence-electron chi connectivity index (χ2n) is 5.08. The van der Waals surface area contributed by atoms with Crippen LogP contribution in [0.3, 0.4) is 0 Å². The van der Waals surface area contributed by atoms with Gasteiger partial charge in [0.15, 0.2) is 0 Å². The number of aliphatic hydroxyl groups excluding tert-OH is 1. The molecule has 1 unspecified atom stereocenters. The van der Waals surface area contributed by atoms with Gasteiger partial charge in [-0.15, -0.1) is 11.3 Å². The van der Waals surface area contributed by atoms with Crippen molar-refractivity contribution in [3.63, 3.8) is 0 Å². The first kappa shape index (κ1) is 15.0. The zero-order valence-electron chi connectivity index (χ0n) is 11.6. The van der Waals surface area contributed by atoms with E-state index >= 15 is 0 Å². The third-order valence-corrected chi connectivity index (χ3v) is 4.51. The summed E-state index contributed by atoms with van der Waals surface area (Å²) in [6.07, 6.45) is 1.45. The molecule has 0 radical (unpaired) electrons. The van der Waals surface area contributed by atoms with Gasteiger partial charge in [0.1, 0.15) is 0 Å². The first-order valence-electron chi connectivity index (χ1n) is 6.86. The highest BCUT2D eigenvalue weighted by atomic mass is 32.1. The van der Waals surface area contributed by atoms with Crippen LogP contribution in [0, 0.1) is 17.8 Å². The highest BCUT2D eigenvalue weighted by Gasteiger charge is 2.26. The molecular weight excluding hydrogens is 272 g/mol. The van der Waals surface area contributed by atoms with E-state index in [2.05, 4.69) is 11.8 Å². The van der Waals surface area contributed by atoms with Gasteiger partial charge in [0, 0.05) is 18.5 Å². The van der Waals surface area contributed by atoms with E-state index in [-0.39, 0.29) is 12.0 Å². The van der Waals surface area contributed by atoms with E-state index in [0.29, 0.717) is 31.1 Å². The Morgan fingerprint density at radius 2 is 2.30 bits per heavy atom. The van der Waals surface area contributed by atoms with Crippen molar-refractivity contribution in [2.75, 3.05) is 19.6 Å². The number of carbonyl (C=O) groups is 1. The van der Waals surface area contributed by atoms with Crippen LogP contribution in [-0.2, 0) is 0 Å². The molecule has 3 N–H and O–H groups in total. The van der Waals surface area contributed by atoms with E-state index < -0.39 is 0 Å². The molecule has 1 atom stereocenters. The Morgan fingerprint density at radius 3 is 2.90 bits per heavy atom. The minimum absolute atomic E-state index is 0.0612. The van der Waals surface area contributed by atoms with Crippen LogP contribution in [-0.4, -0.2) is 41.7 Å². The maximum atomic E-state index is 12.4. The van der Waals surface area contributed by atoms with Crippen molar-refractivity contribution in [3.8, 4) is 11.8 Å². The topological polar surface area (TPSA) is 66.6 Å². The quantitative estimate of drug-likeness (QED) is 0.807. The Hall–Kier alpha value is -1.35. The molecule has 1 aromatic heterocycles. The molecule has 1 fully saturated rings. The fourth-order valence-corrected chi connectivity index (χ4v) is 3.17. The van der Waals surface area contributed by atoms with Crippen LogP contribution in [0.25, 0.3) is 0 Å². The summed E-state index contributed by atoms with van der Waals surface area (Å²) in [7, 11) is 0. The molecule has 2 rings (SSSR count). The summed E-state index contributed by atoms with van der Waals surface area (Å²) < 4.78 is 0. The molecular formula is C15H20N2O2S. The number of hydrogen-bond donors (Lipinski definition) is 2. The molecule has 20 heavy (non-hydrogen) atoms. The van der Waals surface area contributed by atoms with Crippen molar-refractivity contribution in [2.24, 2.45) is 11.7 Å². The largest absolute Gasteiger partial charge is 0.393 e. The molecule has 0 aromatic carbocycles. The van der Waals surface area contributed by atoms with Crippen molar-refractivity contribution in [3.05, 3.63) is 21.9 Å². The van der Waals surface area contributed by atoms with Crippen LogP contribution in [0.4, 0.5) is 0 Å². The molecule has 0 saturated carbocycles. The van der Waals surface area contributed by atoms with Gasteiger partial charge in [-0.2, -0.15) is 0 Å². The van der Waals surface area contributed by atoms with Crippen molar-refractivity contribution >= 4 is 17.2 Å². The Bertz CT molecular complexity index is 519. The fraction of sp³-hybridized carbons (Fsp3) is 0.533. The molecule has 1 aliphatic heterocycles. The van der Waals surface area contributed by atoms with E-state index in [1.54, 1.807) is 0 Å². The SMILES string of the molecule is CC(O)C1CCN(C(=O)c2csc(C#CCN)c2)CC1. The van der Waals surface area contributed by atoms with Gasteiger partial charge in [-0.3, -0.25) is 4.79 Å². The molecule has 0 spiro atoms. The summed E-state index contributed by atoms with van der Waals surface area (Å²) >= 11 is 1.47. The first-order valence-corrected chi connectivity index (χ1v) is 7.74. The molecule has 4 nitrogen and oxygen atoms in total. The van der Waals surface area contributed by atoms with Gasteiger partial charge < -0.3 is 15.7 Å². The number of piperidine rings is 1. The van der Waals surface area contributed by atoms with Gasteiger partial charge in [0.05, 0.1) is 23.1 Å². The number of carbonyl (C=O) groups excluding carboxylic acids is 1. The van der Waals surface area contributed by atoms with E-state index in [4.69, 9.17) is 5.73 Å². The Balaban J connectivity index is 1.97. The number of aliphatic hydroxyl groups is 1. The van der Waals surface area contributed by atoms with E-state index in [0.717, 1.165) is 17.7 Å². The average molecular weight is 292 g/mol. The number of amides is 1. The monoisotopic (exact) mass is 292 g/mol. The van der Waals surface area contributed by atoms with Crippen LogP contribution in [0.15, 0.2) is 11.4 Å². The number of nitrogens with two attached hydrogens (primary N) is 1. The zero-order chi connectivity index (χ0) is 14.5. The lowest BCUT2D eigenvalue weighted by Crippen LogP contribution is -2.40. The maximum absolute atomic E-state index is 12.4. The smallest absolute Gasteiger partial charge is 0.254 e. The molecule has 108 valence electrons. The molecule has 5 heteroatoms. The summed E-state index contributed by atoms with van der Waals surface area (Å²) in [5.74, 6) is 6.11. The van der Waals surface area contributed by atoms with Crippen molar-refractivity contribution in [2.45, 2.75) is 25.9 Å². The lowest BCUT2D eigenvalue weighted by Gasteiger charge is -2.33. The standard InChI is InChI=1S/C15H20N2O2S/c1-11(18)12-4-7-17(8-5-12)15(19)13-9-14(20-10-13)3-2-6-16/h9-12,18H,4-8,16H2,1H3. The van der Waals surface area contributed by atoms with Crippen molar-refractivity contribution in [1.29, 1.82) is 0 Å². The highest BCUT2D eigenvalue weighted by Crippen LogP contribution is 2.23. The minimum atomic E-state index is -0.286. The van der Waals surface area contributed by atoms with Crippen molar-refractivity contribution in [1.82, 2.24) is 4.90 Å². The third-order valence-electron chi connectivity index (χ3n) is 3.67. The number of nitrogens with zero attached hydrogens (tertiary/aromatic N) is 1. The number of likely N-dealkylation sites (tertiary alicyclic amines) is 1. The molecule has 2 heterocycles. The predicted octanol–water partition coefficient (Wildman–Crippen LogP) is 1.29. The minimum Gasteiger partial charge on any atom is -0.393 e. The van der Waals surface area contributed by atoms with Gasteiger partial charge in [-0.1, -0.05) is 11.8 Å². The van der Waals surface area contributed by atoms with E-state index in [1.807, 2.05) is 23.3 Å². The van der Waals surface area contributed by atoms with Crippen LogP contribution in [0.2, 0.25) is 0 Å². The van der Waals surface area contributed by atoms with Gasteiger partial charge in [-0.05, 0) is 31.7 Å². The van der Waals surface area contributed by atoms with Crippen LogP contribution < -0.4 is 5.73 Å². The van der Waals surface area contributed by atoms with Gasteiger partial charge in [0.2, 0.25) is 0 Å². The lowest BCUT2D eigenvalue weighted by molar-refractivity contribution is 0.0522. The Morgan fingerprint density at radius 1 is 1.60 bits per heavy atom. The normalized spacial score (nSPS) is 17.4. The summed E-state index contributed by atoms with van der Waals surface area (Å²) in [4.78, 5) is 15.1. The summed E-state index contributed by atoms with van der Waals surface area (Å²) in [6, 6.07) is 1.83. The molecule has 1 aromatic rings. The Labute approximate surface area is 123 Å². The summed E-state index contributed by atoms with van der Waals surface area (Å²) in [5.41, 5.74) is 6.03. The van der Waals surface area contributed by atoms with Crippen LogP contribution >= 0.6 is 11.3 Å². The second kappa shape index (κ2) is 6.89. The molecule has 1 saturated heterocycles. The number of hydrogen-bond acceptors (Lipinski definition) is 4. The van der Waals surface area contributed by atoms with Gasteiger partial charge in [0.25, 0.3) is 5.91 Å². The first-order chi connectivity index (χ1) is 9.61. The van der Waals surface area contributed by atoms with Crippen molar-refractivity contribution < 1.29 is 9.90 Å². The predicted molar refractivity (Wildman–Crippen MR) is 80.6 cm³/mol. The molecule has 0 aliphatic carbocycles. The summed E-state index contributed by atoms with van der Waals surface area (Å²) in [5, 5.41) is 11.4. The number of rotatable bonds is 2. The maximum Gasteiger partial charge on any atom is 0.254 e. The van der Waals surface area contributed by atoms with Gasteiger partial charge in [-0.25, -0.2) is 0 Å². The fourth-order valence-electron chi connectivity index (χ4n) is 2.42. The third kappa shape index (κ3) is 3.60. The molecule has 1 aliphatic rings. The number of thiophene rings is 1. The average Bonchev–Trinajstić information content (AvgIpc) is 2.93. The zero-order valence-corrected chi connectivity index (χ0v) is 12.4. The second-order valence-corrected chi connectivity index (χ2v) is 5.99. The Kier molecular flexibility index (Phi) is 5.18. The van der Waals surface area contributed by atoms with E-state index in [1.165, 1.54) is 11.3 Å². The summed E-state index contributed by atoms with van der Waals surface area (Å²) in [6.45, 7) is 3.58. The molecule has 1 amide bonds. The lowest BCUT2D eigenvalue weighted by atomic mass is 9.92. The molecule has 0 bridgehead atoms. The van der Waals surface area contributed by atoms with E-state index in [9.17, 15) is 9.90 Å². The highest BCUT2D eigenvalue weighted by molar-refractivity contribution is 7.10. The van der Waals surface area contributed by atoms with Gasteiger partial charge >= 0.3 is 0 Å².